The van der Waals surface area contributed by atoms with Crippen LogP contribution in [-0.4, -0.2) is 25.7 Å². The molecule has 0 aromatic carbocycles. The Bertz CT molecular complexity index is 505. The maximum atomic E-state index is 4.54. The first-order valence-corrected chi connectivity index (χ1v) is 7.64. The standard InChI is InChI=1S/C13H21N5S/c1-4-8-18-9-7-15-13(18)11(14-6-3)12-10(5-2)16-17-19-12/h7,9,11,14H,4-6,8H2,1-3H3. The molecule has 0 saturated carbocycles. The maximum Gasteiger partial charge on any atom is 0.131 e. The molecule has 1 N–H and O–H groups in total. The number of nitrogens with zero attached hydrogens (tertiary/aromatic N) is 4. The molecule has 6 heteroatoms. The molecule has 2 heterocycles. The zero-order chi connectivity index (χ0) is 13.7. The minimum Gasteiger partial charge on any atom is -0.333 e. The van der Waals surface area contributed by atoms with Gasteiger partial charge in [0.15, 0.2) is 0 Å². The Morgan fingerprint density at radius 3 is 2.89 bits per heavy atom. The third-order valence-corrected chi connectivity index (χ3v) is 3.89. The molecule has 1 unspecified atom stereocenters. The van der Waals surface area contributed by atoms with E-state index in [1.54, 1.807) is 0 Å². The zero-order valence-corrected chi connectivity index (χ0v) is 12.6. The second-order valence-corrected chi connectivity index (χ2v) is 5.19. The molecule has 0 aliphatic heterocycles. The van der Waals surface area contributed by atoms with Crippen LogP contribution in [0.5, 0.6) is 0 Å². The molecule has 104 valence electrons. The quantitative estimate of drug-likeness (QED) is 0.845. The number of nitrogens with one attached hydrogen (secondary N) is 1. The molecule has 5 nitrogen and oxygen atoms in total. The summed E-state index contributed by atoms with van der Waals surface area (Å²) in [6.45, 7) is 8.29. The Morgan fingerprint density at radius 2 is 2.21 bits per heavy atom. The van der Waals surface area contributed by atoms with Gasteiger partial charge in [0, 0.05) is 18.9 Å². The van der Waals surface area contributed by atoms with Gasteiger partial charge in [0.05, 0.1) is 10.6 Å². The Balaban J connectivity index is 2.36. The van der Waals surface area contributed by atoms with Crippen molar-refractivity contribution < 1.29 is 0 Å². The summed E-state index contributed by atoms with van der Waals surface area (Å²) < 4.78 is 6.31. The highest BCUT2D eigenvalue weighted by atomic mass is 32.1. The number of hydrogen-bond acceptors (Lipinski definition) is 5. The van der Waals surface area contributed by atoms with E-state index in [2.05, 4.69) is 45.2 Å². The van der Waals surface area contributed by atoms with E-state index in [9.17, 15) is 0 Å². The van der Waals surface area contributed by atoms with E-state index < -0.39 is 0 Å². The van der Waals surface area contributed by atoms with Crippen molar-refractivity contribution in [2.24, 2.45) is 0 Å². The molecule has 0 spiro atoms. The summed E-state index contributed by atoms with van der Waals surface area (Å²) in [5, 5.41) is 7.72. The lowest BCUT2D eigenvalue weighted by atomic mass is 10.1. The molecule has 19 heavy (non-hydrogen) atoms. The second kappa shape index (κ2) is 6.77. The summed E-state index contributed by atoms with van der Waals surface area (Å²) in [7, 11) is 0. The smallest absolute Gasteiger partial charge is 0.131 e. The molecular formula is C13H21N5S. The van der Waals surface area contributed by atoms with Crippen LogP contribution in [0.1, 0.15) is 49.6 Å². The molecule has 0 fully saturated rings. The monoisotopic (exact) mass is 279 g/mol. The summed E-state index contributed by atoms with van der Waals surface area (Å²) in [5.74, 6) is 1.06. The van der Waals surface area contributed by atoms with Gasteiger partial charge in [0.1, 0.15) is 11.9 Å². The van der Waals surface area contributed by atoms with Crippen molar-refractivity contribution in [3.8, 4) is 0 Å². The van der Waals surface area contributed by atoms with E-state index >= 15 is 0 Å². The Hall–Kier alpha value is -1.27. The predicted molar refractivity (Wildman–Crippen MR) is 77.3 cm³/mol. The van der Waals surface area contributed by atoms with Crippen molar-refractivity contribution in [1.82, 2.24) is 24.5 Å². The normalized spacial score (nSPS) is 12.8. The lowest BCUT2D eigenvalue weighted by Gasteiger charge is -2.18. The van der Waals surface area contributed by atoms with Crippen molar-refractivity contribution in [2.75, 3.05) is 6.54 Å². The van der Waals surface area contributed by atoms with E-state index in [0.29, 0.717) is 0 Å². The van der Waals surface area contributed by atoms with E-state index in [0.717, 1.165) is 37.4 Å². The molecule has 2 aromatic heterocycles. The molecule has 2 aromatic rings. The number of aryl methyl sites for hydroxylation is 2. The highest BCUT2D eigenvalue weighted by molar-refractivity contribution is 7.05. The summed E-state index contributed by atoms with van der Waals surface area (Å²) in [6, 6.07) is 0.0986. The van der Waals surface area contributed by atoms with Crippen LogP contribution in [0.2, 0.25) is 0 Å². The largest absolute Gasteiger partial charge is 0.333 e. The fraction of sp³-hybridized carbons (Fsp3) is 0.615. The summed E-state index contributed by atoms with van der Waals surface area (Å²) in [6.07, 6.45) is 5.92. The van der Waals surface area contributed by atoms with Crippen molar-refractivity contribution in [1.29, 1.82) is 0 Å². The van der Waals surface area contributed by atoms with Crippen LogP contribution >= 0.6 is 11.5 Å². The molecule has 1 atom stereocenters. The Labute approximate surface area is 118 Å². The van der Waals surface area contributed by atoms with Gasteiger partial charge in [0.2, 0.25) is 0 Å². The summed E-state index contributed by atoms with van der Waals surface area (Å²) in [5.41, 5.74) is 1.07. The SMILES string of the molecule is CCCn1ccnc1C(NCC)c1snnc1CC. The number of aromatic nitrogens is 4. The van der Waals surface area contributed by atoms with Gasteiger partial charge in [0.25, 0.3) is 0 Å². The fourth-order valence-electron chi connectivity index (χ4n) is 2.20. The van der Waals surface area contributed by atoms with E-state index in [1.807, 2.05) is 12.4 Å². The first-order valence-electron chi connectivity index (χ1n) is 6.87. The van der Waals surface area contributed by atoms with Crippen molar-refractivity contribution in [2.45, 2.75) is 46.2 Å². The van der Waals surface area contributed by atoms with Crippen LogP contribution in [0, 0.1) is 0 Å². The van der Waals surface area contributed by atoms with Crippen LogP contribution in [0.25, 0.3) is 0 Å². The third kappa shape index (κ3) is 3.01. The molecule has 0 bridgehead atoms. The molecular weight excluding hydrogens is 258 g/mol. The van der Waals surface area contributed by atoms with E-state index in [4.69, 9.17) is 0 Å². The average molecular weight is 279 g/mol. The van der Waals surface area contributed by atoms with Crippen LogP contribution in [0.15, 0.2) is 12.4 Å². The van der Waals surface area contributed by atoms with Gasteiger partial charge < -0.3 is 9.88 Å². The van der Waals surface area contributed by atoms with E-state index in [-0.39, 0.29) is 6.04 Å². The Kier molecular flexibility index (Phi) is 5.04. The van der Waals surface area contributed by atoms with Gasteiger partial charge >= 0.3 is 0 Å². The fourth-order valence-corrected chi connectivity index (χ4v) is 3.01. The topological polar surface area (TPSA) is 55.6 Å². The molecule has 2 rings (SSSR count). The van der Waals surface area contributed by atoms with Gasteiger partial charge in [-0.15, -0.1) is 5.10 Å². The number of imidazole rings is 1. The first kappa shape index (κ1) is 14.1. The van der Waals surface area contributed by atoms with Crippen LogP contribution in [0.4, 0.5) is 0 Å². The minimum absolute atomic E-state index is 0.0986. The van der Waals surface area contributed by atoms with Gasteiger partial charge in [-0.1, -0.05) is 25.3 Å². The molecule has 0 radical (unpaired) electrons. The number of hydrogen-bond donors (Lipinski definition) is 1. The van der Waals surface area contributed by atoms with Crippen LogP contribution in [0.3, 0.4) is 0 Å². The van der Waals surface area contributed by atoms with Crippen LogP contribution < -0.4 is 5.32 Å². The van der Waals surface area contributed by atoms with Gasteiger partial charge in [-0.3, -0.25) is 0 Å². The van der Waals surface area contributed by atoms with Crippen LogP contribution in [-0.2, 0) is 13.0 Å². The highest BCUT2D eigenvalue weighted by Crippen LogP contribution is 2.26. The average Bonchev–Trinajstić information content (AvgIpc) is 3.05. The van der Waals surface area contributed by atoms with Gasteiger partial charge in [-0.05, 0) is 30.9 Å². The number of rotatable bonds is 7. The van der Waals surface area contributed by atoms with Gasteiger partial charge in [-0.25, -0.2) is 4.98 Å². The maximum absolute atomic E-state index is 4.54. The minimum atomic E-state index is 0.0986. The van der Waals surface area contributed by atoms with Crippen molar-refractivity contribution in [3.05, 3.63) is 28.8 Å². The third-order valence-electron chi connectivity index (χ3n) is 3.06. The molecule has 0 aliphatic carbocycles. The van der Waals surface area contributed by atoms with Gasteiger partial charge in [-0.2, -0.15) is 0 Å². The zero-order valence-electron chi connectivity index (χ0n) is 11.8. The van der Waals surface area contributed by atoms with E-state index in [1.165, 1.54) is 16.4 Å². The second-order valence-electron chi connectivity index (χ2n) is 4.41. The highest BCUT2D eigenvalue weighted by Gasteiger charge is 2.23. The lowest BCUT2D eigenvalue weighted by Crippen LogP contribution is -2.25. The summed E-state index contributed by atoms with van der Waals surface area (Å²) >= 11 is 1.47. The first-order chi connectivity index (χ1) is 9.31. The van der Waals surface area contributed by atoms with Crippen molar-refractivity contribution >= 4 is 11.5 Å². The Morgan fingerprint density at radius 1 is 1.37 bits per heavy atom. The molecule has 0 amide bonds. The lowest BCUT2D eigenvalue weighted by molar-refractivity contribution is 0.546. The predicted octanol–water partition coefficient (Wildman–Crippen LogP) is 2.41. The molecule has 0 aliphatic rings. The molecule has 0 saturated heterocycles. The van der Waals surface area contributed by atoms with Crippen molar-refractivity contribution in [3.63, 3.8) is 0 Å². The summed E-state index contributed by atoms with van der Waals surface area (Å²) in [4.78, 5) is 5.72.